The van der Waals surface area contributed by atoms with Gasteiger partial charge in [0.2, 0.25) is 0 Å². The summed E-state index contributed by atoms with van der Waals surface area (Å²) in [6, 6.07) is 11.4. The predicted molar refractivity (Wildman–Crippen MR) is 132 cm³/mol. The number of ether oxygens (including phenoxy) is 5. The van der Waals surface area contributed by atoms with E-state index in [4.69, 9.17) is 23.7 Å². The summed E-state index contributed by atoms with van der Waals surface area (Å²) in [6.45, 7) is 4.24. The largest absolute Gasteiger partial charge is 0.493 e. The molecule has 1 amide bonds. The van der Waals surface area contributed by atoms with Gasteiger partial charge in [0.25, 0.3) is 5.91 Å². The minimum Gasteiger partial charge on any atom is -0.493 e. The molecule has 1 unspecified atom stereocenters. The number of aromatic amines is 1. The Balaban J connectivity index is 1.36. The van der Waals surface area contributed by atoms with Crippen LogP contribution in [0.1, 0.15) is 22.0 Å². The maximum atomic E-state index is 13.3. The quantitative estimate of drug-likeness (QED) is 0.492. The Labute approximate surface area is 209 Å². The molecule has 3 heterocycles. The zero-order valence-corrected chi connectivity index (χ0v) is 20.4. The zero-order chi connectivity index (χ0) is 24.9. The summed E-state index contributed by atoms with van der Waals surface area (Å²) in [5.74, 6) is 2.44. The number of hydrogen-bond donors (Lipinski definition) is 2. The predicted octanol–water partition coefficient (Wildman–Crippen LogP) is 2.67. The van der Waals surface area contributed by atoms with E-state index in [1.807, 2.05) is 36.4 Å². The number of aromatic nitrogens is 2. The molecule has 2 N–H and O–H groups in total. The maximum absolute atomic E-state index is 13.3. The number of H-pyrrole nitrogens is 1. The molecule has 0 saturated carbocycles. The van der Waals surface area contributed by atoms with Crippen molar-refractivity contribution in [3.63, 3.8) is 0 Å². The zero-order valence-electron chi connectivity index (χ0n) is 20.4. The first-order valence-corrected chi connectivity index (χ1v) is 11.9. The van der Waals surface area contributed by atoms with Gasteiger partial charge in [-0.3, -0.25) is 14.8 Å². The SMILES string of the molecule is COc1ccc(C(CNC(=O)c2cn[nH]c2-c2ccc3c(c2)OCCO3)N2CCOCC2)cc1OC. The van der Waals surface area contributed by atoms with Crippen molar-refractivity contribution >= 4 is 5.91 Å². The number of nitrogens with zero attached hydrogens (tertiary/aromatic N) is 2. The van der Waals surface area contributed by atoms with Crippen molar-refractivity contribution < 1.29 is 28.5 Å². The second-order valence-corrected chi connectivity index (χ2v) is 8.51. The van der Waals surface area contributed by atoms with Crippen LogP contribution in [0.5, 0.6) is 23.0 Å². The van der Waals surface area contributed by atoms with Crippen LogP contribution in [0, 0.1) is 0 Å². The molecule has 3 aromatic rings. The first kappa shape index (κ1) is 24.0. The van der Waals surface area contributed by atoms with Crippen molar-refractivity contribution in [2.45, 2.75) is 6.04 Å². The second kappa shape index (κ2) is 10.9. The summed E-state index contributed by atoms with van der Waals surface area (Å²) < 4.78 is 27.8. The highest BCUT2D eigenvalue weighted by atomic mass is 16.6. The van der Waals surface area contributed by atoms with Crippen molar-refractivity contribution in [3.8, 4) is 34.3 Å². The number of rotatable bonds is 8. The lowest BCUT2D eigenvalue weighted by Gasteiger charge is -2.35. The molecule has 36 heavy (non-hydrogen) atoms. The average Bonchev–Trinajstić information content (AvgIpc) is 3.43. The molecule has 10 nitrogen and oxygen atoms in total. The smallest absolute Gasteiger partial charge is 0.255 e. The van der Waals surface area contributed by atoms with Gasteiger partial charge in [-0.15, -0.1) is 0 Å². The topological polar surface area (TPSA) is 107 Å². The highest BCUT2D eigenvalue weighted by molar-refractivity contribution is 5.99. The Morgan fingerprint density at radius 2 is 1.81 bits per heavy atom. The molecule has 1 atom stereocenters. The lowest BCUT2D eigenvalue weighted by atomic mass is 10.0. The van der Waals surface area contributed by atoms with Gasteiger partial charge in [0.1, 0.15) is 13.2 Å². The van der Waals surface area contributed by atoms with E-state index < -0.39 is 0 Å². The first-order valence-electron chi connectivity index (χ1n) is 11.9. The summed E-state index contributed by atoms with van der Waals surface area (Å²) >= 11 is 0. The maximum Gasteiger partial charge on any atom is 0.255 e. The minimum absolute atomic E-state index is 0.0673. The third kappa shape index (κ3) is 4.95. The van der Waals surface area contributed by atoms with E-state index in [2.05, 4.69) is 20.4 Å². The van der Waals surface area contributed by atoms with Crippen LogP contribution >= 0.6 is 0 Å². The van der Waals surface area contributed by atoms with E-state index in [1.165, 1.54) is 0 Å². The van der Waals surface area contributed by atoms with Crippen LogP contribution in [0.4, 0.5) is 0 Å². The third-order valence-corrected chi connectivity index (χ3v) is 6.45. The van der Waals surface area contributed by atoms with E-state index in [1.54, 1.807) is 20.4 Å². The summed E-state index contributed by atoms with van der Waals surface area (Å²) in [5.41, 5.74) is 2.90. The van der Waals surface area contributed by atoms with E-state index in [-0.39, 0.29) is 11.9 Å². The van der Waals surface area contributed by atoms with E-state index in [9.17, 15) is 4.79 Å². The molecular weight excluding hydrogens is 464 g/mol. The van der Waals surface area contributed by atoms with Crippen molar-refractivity contribution in [1.29, 1.82) is 0 Å². The average molecular weight is 495 g/mol. The standard InChI is InChI=1S/C26H30N4O6/c1-32-21-5-3-17(13-23(21)33-2)20(30-7-9-34-10-8-30)16-27-26(31)19-15-28-29-25(19)18-4-6-22-24(14-18)36-12-11-35-22/h3-6,13-15,20H,7-12,16H2,1-2H3,(H,27,31)(H,28,29). The molecule has 0 spiro atoms. The van der Waals surface area contributed by atoms with Gasteiger partial charge in [0.05, 0.1) is 50.9 Å². The van der Waals surface area contributed by atoms with Gasteiger partial charge in [-0.2, -0.15) is 5.10 Å². The van der Waals surface area contributed by atoms with Crippen molar-refractivity contribution in [2.24, 2.45) is 0 Å². The fourth-order valence-corrected chi connectivity index (χ4v) is 4.57. The molecule has 2 aromatic carbocycles. The Morgan fingerprint density at radius 3 is 2.58 bits per heavy atom. The molecule has 10 heteroatoms. The minimum atomic E-state index is -0.215. The fourth-order valence-electron chi connectivity index (χ4n) is 4.57. The number of carbonyl (C=O) groups excluding carboxylic acids is 1. The van der Waals surface area contributed by atoms with Crippen LogP contribution < -0.4 is 24.3 Å². The summed E-state index contributed by atoms with van der Waals surface area (Å²) in [6.07, 6.45) is 1.54. The Kier molecular flexibility index (Phi) is 7.24. The number of morpholine rings is 1. The van der Waals surface area contributed by atoms with Crippen LogP contribution in [-0.2, 0) is 4.74 Å². The van der Waals surface area contributed by atoms with Gasteiger partial charge in [-0.05, 0) is 35.9 Å². The normalized spacial score (nSPS) is 16.3. The lowest BCUT2D eigenvalue weighted by Crippen LogP contribution is -2.43. The molecule has 2 aliphatic heterocycles. The second-order valence-electron chi connectivity index (χ2n) is 8.51. The van der Waals surface area contributed by atoms with Gasteiger partial charge in [-0.1, -0.05) is 6.07 Å². The van der Waals surface area contributed by atoms with E-state index >= 15 is 0 Å². The van der Waals surface area contributed by atoms with Crippen LogP contribution in [0.2, 0.25) is 0 Å². The number of methoxy groups -OCH3 is 2. The summed E-state index contributed by atoms with van der Waals surface area (Å²) in [4.78, 5) is 15.6. The number of hydrogen-bond acceptors (Lipinski definition) is 8. The van der Waals surface area contributed by atoms with Crippen LogP contribution in [0.3, 0.4) is 0 Å². The van der Waals surface area contributed by atoms with Gasteiger partial charge < -0.3 is 29.0 Å². The molecule has 0 aliphatic carbocycles. The van der Waals surface area contributed by atoms with Crippen molar-refractivity contribution in [1.82, 2.24) is 20.4 Å². The number of amides is 1. The van der Waals surface area contributed by atoms with Crippen LogP contribution in [0.15, 0.2) is 42.6 Å². The molecule has 1 fully saturated rings. The molecule has 2 aliphatic rings. The molecule has 1 aromatic heterocycles. The van der Waals surface area contributed by atoms with Gasteiger partial charge in [-0.25, -0.2) is 0 Å². The molecule has 190 valence electrons. The Bertz CT molecular complexity index is 1210. The van der Waals surface area contributed by atoms with Crippen LogP contribution in [0.25, 0.3) is 11.3 Å². The number of benzene rings is 2. The van der Waals surface area contributed by atoms with E-state index in [0.717, 1.165) is 24.2 Å². The molecule has 0 bridgehead atoms. The summed E-state index contributed by atoms with van der Waals surface area (Å²) in [7, 11) is 3.23. The van der Waals surface area contributed by atoms with Gasteiger partial charge in [0.15, 0.2) is 23.0 Å². The molecule has 0 radical (unpaired) electrons. The Morgan fingerprint density at radius 1 is 1.03 bits per heavy atom. The molecular formula is C26H30N4O6. The van der Waals surface area contributed by atoms with E-state index in [0.29, 0.717) is 67.2 Å². The van der Waals surface area contributed by atoms with Gasteiger partial charge >= 0.3 is 0 Å². The molecule has 5 rings (SSSR count). The highest BCUT2D eigenvalue weighted by Crippen LogP contribution is 2.35. The van der Waals surface area contributed by atoms with Crippen molar-refractivity contribution in [2.75, 3.05) is 60.3 Å². The number of carbonyl (C=O) groups is 1. The third-order valence-electron chi connectivity index (χ3n) is 6.45. The molecule has 1 saturated heterocycles. The van der Waals surface area contributed by atoms with Crippen molar-refractivity contribution in [3.05, 3.63) is 53.7 Å². The highest BCUT2D eigenvalue weighted by Gasteiger charge is 2.26. The van der Waals surface area contributed by atoms with Gasteiger partial charge in [0, 0.05) is 25.2 Å². The lowest BCUT2D eigenvalue weighted by molar-refractivity contribution is 0.0162. The summed E-state index contributed by atoms with van der Waals surface area (Å²) in [5, 5.41) is 10.2. The number of fused-ring (bicyclic) bond motifs is 1. The number of nitrogens with one attached hydrogen (secondary N) is 2. The first-order chi connectivity index (χ1) is 17.7. The fraction of sp³-hybridized carbons (Fsp3) is 0.385. The Hall–Kier alpha value is -3.76. The van der Waals surface area contributed by atoms with Crippen LogP contribution in [-0.4, -0.2) is 81.3 Å². The monoisotopic (exact) mass is 494 g/mol.